The molecule has 0 aliphatic rings. The first-order chi connectivity index (χ1) is 1.00. The fourth-order valence-electron chi connectivity index (χ4n) is 0. The summed E-state index contributed by atoms with van der Waals surface area (Å²) in [6.07, 6.45) is 0. The van der Waals surface area contributed by atoms with Gasteiger partial charge in [0, 0.05) is 0 Å². The summed E-state index contributed by atoms with van der Waals surface area (Å²) in [5.41, 5.74) is 0. The third kappa shape index (κ3) is 12.2. The molecule has 0 rings (SSSR count). The van der Waals surface area contributed by atoms with E-state index in [-0.39, 0.29) is 28.5 Å². The summed E-state index contributed by atoms with van der Waals surface area (Å²) in [7, 11) is 0. The van der Waals surface area contributed by atoms with Crippen molar-refractivity contribution in [1.82, 2.24) is 0 Å². The van der Waals surface area contributed by atoms with Crippen molar-refractivity contribution in [1.29, 1.82) is 0 Å². The second kappa shape index (κ2) is 37.0. The molecule has 0 unspecified atom stereocenters. The normalized spacial score (nSPS) is 1.50. The van der Waals surface area contributed by atoms with Crippen LogP contribution in [-0.2, 0) is 0 Å². The molecule has 0 saturated heterocycles. The maximum absolute atomic E-state index is 7.72. The molecular formula is HClMgO2. The van der Waals surface area contributed by atoms with Crippen molar-refractivity contribution in [3.05, 3.63) is 0 Å². The van der Waals surface area contributed by atoms with Crippen LogP contribution in [0.4, 0.5) is 0 Å². The van der Waals surface area contributed by atoms with Gasteiger partial charge < -0.3 is 10.1 Å². The Kier molecular flexibility index (Phi) is 186. The average Bonchev–Trinajstić information content (AvgIpc) is 1.00. The van der Waals surface area contributed by atoms with Crippen molar-refractivity contribution in [3.63, 3.8) is 0 Å². The predicted octanol–water partition coefficient (Wildman–Crippen LogP) is -1.06. The fourth-order valence-corrected chi connectivity index (χ4v) is 0. The van der Waals surface area contributed by atoms with E-state index in [4.69, 9.17) is 4.66 Å². The molecule has 0 radical (unpaired) electrons. The van der Waals surface area contributed by atoms with E-state index >= 15 is 0 Å². The zero-order valence-electron chi connectivity index (χ0n) is 1.94. The number of halogens is 1. The number of hydrogen-bond acceptors (Lipinski definition) is 2. The van der Waals surface area contributed by atoms with E-state index < -0.39 is 0 Å². The minimum Gasteiger partial charge on any atom is -0.870 e. The molecule has 0 aromatic heterocycles. The Hall–Kier alpha value is 0.976. The van der Waals surface area contributed by atoms with Crippen molar-refractivity contribution in [2.45, 2.75) is 0 Å². The van der Waals surface area contributed by atoms with Gasteiger partial charge in [0.15, 0.2) is 0 Å². The van der Waals surface area contributed by atoms with Crippen LogP contribution in [0.1, 0.15) is 0 Å². The van der Waals surface area contributed by atoms with Gasteiger partial charge in [-0.05, 0) is 0 Å². The molecule has 0 aliphatic heterocycles. The van der Waals surface area contributed by atoms with E-state index in [1.54, 1.807) is 0 Å². The third-order valence-electron chi connectivity index (χ3n) is 0. The summed E-state index contributed by atoms with van der Waals surface area (Å²) in [4.78, 5) is 0. The molecule has 0 saturated carbocycles. The first-order valence-electron chi connectivity index (χ1n) is 0.154. The van der Waals surface area contributed by atoms with Crippen LogP contribution in [0.25, 0.3) is 0 Å². The zero-order valence-corrected chi connectivity index (χ0v) is 4.11. The second-order valence-electron chi connectivity index (χ2n) is 0. The van der Waals surface area contributed by atoms with E-state index in [0.29, 0.717) is 0 Å². The van der Waals surface area contributed by atoms with E-state index in [2.05, 4.69) is 11.9 Å². The molecule has 0 atom stereocenters. The quantitative estimate of drug-likeness (QED) is 0.358. The summed E-state index contributed by atoms with van der Waals surface area (Å²) in [6.45, 7) is 0. The van der Waals surface area contributed by atoms with Crippen LogP contribution in [0.15, 0.2) is 0 Å². The molecule has 0 spiro atoms. The van der Waals surface area contributed by atoms with E-state index in [0.717, 1.165) is 0 Å². The molecule has 0 bridgehead atoms. The van der Waals surface area contributed by atoms with Crippen molar-refractivity contribution in [2.24, 2.45) is 0 Å². The van der Waals surface area contributed by atoms with Crippen LogP contribution < -0.4 is 4.66 Å². The van der Waals surface area contributed by atoms with Gasteiger partial charge in [-0.3, -0.25) is 0 Å². The minimum atomic E-state index is 0. The van der Waals surface area contributed by atoms with Crippen molar-refractivity contribution in [3.8, 4) is 0 Å². The summed E-state index contributed by atoms with van der Waals surface area (Å²) in [5.74, 6) is 0. The Morgan fingerprint density at radius 1 is 1.25 bits per heavy atom. The van der Waals surface area contributed by atoms with Gasteiger partial charge >= 0.3 is 23.1 Å². The summed E-state index contributed by atoms with van der Waals surface area (Å²) < 4.78 is 7.72. The van der Waals surface area contributed by atoms with Gasteiger partial charge in [-0.2, -0.15) is 0 Å². The molecule has 1 N–H and O–H groups in total. The molecule has 0 aliphatic carbocycles. The van der Waals surface area contributed by atoms with Crippen LogP contribution in [0.5, 0.6) is 0 Å². The van der Waals surface area contributed by atoms with Crippen molar-refractivity contribution < 1.29 is 10.1 Å². The number of hydrogen-bond donors (Lipinski definition) is 0. The van der Waals surface area contributed by atoms with E-state index in [9.17, 15) is 0 Å². The van der Waals surface area contributed by atoms with E-state index in [1.807, 2.05) is 0 Å². The van der Waals surface area contributed by atoms with Crippen LogP contribution in [0, 0.1) is 0 Å². The molecule has 4 heteroatoms. The number of rotatable bonds is 0. The Balaban J connectivity index is -0.00000000500. The smallest absolute Gasteiger partial charge is 0.870 e. The van der Waals surface area contributed by atoms with E-state index in [1.165, 1.54) is 0 Å². The van der Waals surface area contributed by atoms with Gasteiger partial charge in [0.25, 0.3) is 0 Å². The average molecular weight is 92.8 g/mol. The van der Waals surface area contributed by atoms with Gasteiger partial charge in [-0.1, -0.05) is 0 Å². The summed E-state index contributed by atoms with van der Waals surface area (Å²) in [5, 5.41) is 0. The van der Waals surface area contributed by atoms with Crippen LogP contribution in [0.2, 0.25) is 0 Å². The molecule has 22 valence electrons. The molecule has 0 amide bonds. The Bertz CT molecular complexity index is 6.00. The third-order valence-corrected chi connectivity index (χ3v) is 0. The van der Waals surface area contributed by atoms with Gasteiger partial charge in [0.05, 0.1) is 0 Å². The summed E-state index contributed by atoms with van der Waals surface area (Å²) in [6, 6.07) is 0. The molecule has 0 aromatic carbocycles. The van der Waals surface area contributed by atoms with Gasteiger partial charge in [-0.15, -0.1) is 0 Å². The Morgan fingerprint density at radius 3 is 1.25 bits per heavy atom. The minimum absolute atomic E-state index is 0. The Labute approximate surface area is 45.4 Å². The standard InChI is InChI=1S/ClO.Mg.H2O/c1-2;;/h;;1H2/q-1;+2;/p-1. The molecule has 0 heterocycles. The molecule has 0 aromatic rings. The first kappa shape index (κ1) is 20.1. The fraction of sp³-hybridized carbons (Fsp3) is 0. The van der Waals surface area contributed by atoms with Gasteiger partial charge in [0.2, 0.25) is 0 Å². The molecule has 2 nitrogen and oxygen atoms in total. The summed E-state index contributed by atoms with van der Waals surface area (Å²) >= 11 is 3.39. The Morgan fingerprint density at radius 2 is 1.25 bits per heavy atom. The molecule has 0 fully saturated rings. The first-order valence-corrected chi connectivity index (χ1v) is 0.463. The molecular weight excluding hydrogens is 91.8 g/mol. The van der Waals surface area contributed by atoms with Crippen molar-refractivity contribution >= 4 is 34.9 Å². The zero-order chi connectivity index (χ0) is 2.00. The van der Waals surface area contributed by atoms with Crippen LogP contribution in [-0.4, -0.2) is 28.5 Å². The maximum atomic E-state index is 7.72. The molecule has 4 heavy (non-hydrogen) atoms. The largest absolute Gasteiger partial charge is 2.00 e. The van der Waals surface area contributed by atoms with Crippen molar-refractivity contribution in [2.75, 3.05) is 0 Å². The van der Waals surface area contributed by atoms with Crippen LogP contribution in [0.3, 0.4) is 0 Å². The topological polar surface area (TPSA) is 53.1 Å². The second-order valence-corrected chi connectivity index (χ2v) is 0. The van der Waals surface area contributed by atoms with Gasteiger partial charge in [-0.25, -0.2) is 11.9 Å². The van der Waals surface area contributed by atoms with Gasteiger partial charge in [0.1, 0.15) is 0 Å². The predicted molar refractivity (Wildman–Crippen MR) is 13.5 cm³/mol. The maximum Gasteiger partial charge on any atom is 2.00 e. The SMILES string of the molecule is [Mg+2].[O-]Cl.[OH-]. The van der Waals surface area contributed by atoms with Crippen LogP contribution >= 0.6 is 11.9 Å². The monoisotopic (exact) mass is 92.0 g/mol.